The van der Waals surface area contributed by atoms with Crippen LogP contribution in [-0.2, 0) is 4.74 Å². The first-order chi connectivity index (χ1) is 7.68. The zero-order valence-electron chi connectivity index (χ0n) is 8.63. The first-order valence-electron chi connectivity index (χ1n) is 4.98. The molecule has 16 heavy (non-hydrogen) atoms. The lowest BCUT2D eigenvalue weighted by molar-refractivity contribution is -0.385. The van der Waals surface area contributed by atoms with E-state index < -0.39 is 4.92 Å². The Bertz CT molecular complexity index is 402. The Kier molecular flexibility index (Phi) is 2.91. The number of hydrogen-bond acceptors (Lipinski definition) is 5. The lowest BCUT2D eigenvalue weighted by Gasteiger charge is -2.28. The van der Waals surface area contributed by atoms with Crippen LogP contribution in [0.3, 0.4) is 0 Å². The van der Waals surface area contributed by atoms with Crippen LogP contribution in [0.15, 0.2) is 18.2 Å². The fourth-order valence-corrected chi connectivity index (χ4v) is 1.68. The minimum atomic E-state index is -0.599. The summed E-state index contributed by atoms with van der Waals surface area (Å²) in [5, 5.41) is 20.0. The molecule has 2 rings (SSSR count). The van der Waals surface area contributed by atoms with Crippen LogP contribution in [-0.4, -0.2) is 36.3 Å². The van der Waals surface area contributed by atoms with Crippen molar-refractivity contribution in [2.45, 2.75) is 0 Å². The maximum atomic E-state index is 10.5. The number of benzene rings is 1. The van der Waals surface area contributed by atoms with Crippen molar-refractivity contribution in [2.24, 2.45) is 0 Å². The highest BCUT2D eigenvalue weighted by atomic mass is 16.6. The maximum Gasteiger partial charge on any atom is 0.310 e. The van der Waals surface area contributed by atoms with Crippen LogP contribution in [0, 0.1) is 10.1 Å². The Hall–Kier alpha value is -1.82. The molecule has 1 aliphatic heterocycles. The standard InChI is InChI=1S/C10H12N2O4/c13-10-7-8(1-2-9(10)12(14)15)11-3-5-16-6-4-11/h1-2,7,13H,3-6H2. The average molecular weight is 224 g/mol. The van der Waals surface area contributed by atoms with Crippen molar-refractivity contribution in [1.29, 1.82) is 0 Å². The summed E-state index contributed by atoms with van der Waals surface area (Å²) in [5.41, 5.74) is 0.517. The molecule has 1 fully saturated rings. The van der Waals surface area contributed by atoms with Crippen molar-refractivity contribution >= 4 is 11.4 Å². The summed E-state index contributed by atoms with van der Waals surface area (Å²) < 4.78 is 5.20. The fraction of sp³-hybridized carbons (Fsp3) is 0.400. The number of anilines is 1. The molecule has 0 unspecified atom stereocenters. The van der Waals surface area contributed by atoms with Gasteiger partial charge in [-0.15, -0.1) is 0 Å². The SMILES string of the molecule is O=[N+]([O-])c1ccc(N2CCOCC2)cc1O. The smallest absolute Gasteiger partial charge is 0.310 e. The second-order valence-electron chi connectivity index (χ2n) is 3.53. The molecule has 6 nitrogen and oxygen atoms in total. The normalized spacial score (nSPS) is 16.1. The molecule has 0 bridgehead atoms. The highest BCUT2D eigenvalue weighted by molar-refractivity contribution is 5.58. The molecule has 1 aliphatic rings. The summed E-state index contributed by atoms with van der Waals surface area (Å²) in [7, 11) is 0. The van der Waals surface area contributed by atoms with Crippen LogP contribution in [0.1, 0.15) is 0 Å². The fourth-order valence-electron chi connectivity index (χ4n) is 1.68. The van der Waals surface area contributed by atoms with Gasteiger partial charge < -0.3 is 14.7 Å². The van der Waals surface area contributed by atoms with Crippen LogP contribution < -0.4 is 4.90 Å². The van der Waals surface area contributed by atoms with Crippen LogP contribution in [0.25, 0.3) is 0 Å². The minimum absolute atomic E-state index is 0.267. The van der Waals surface area contributed by atoms with Gasteiger partial charge in [0, 0.05) is 30.9 Å². The molecule has 0 saturated carbocycles. The van der Waals surface area contributed by atoms with Gasteiger partial charge in [0.2, 0.25) is 0 Å². The predicted octanol–water partition coefficient (Wildman–Crippen LogP) is 1.14. The zero-order valence-corrected chi connectivity index (χ0v) is 8.63. The Morgan fingerprint density at radius 3 is 2.62 bits per heavy atom. The van der Waals surface area contributed by atoms with Crippen molar-refractivity contribution in [2.75, 3.05) is 31.2 Å². The number of rotatable bonds is 2. The number of nitro benzene ring substituents is 1. The summed E-state index contributed by atoms with van der Waals surface area (Å²) in [6, 6.07) is 4.38. The number of nitro groups is 1. The Morgan fingerprint density at radius 1 is 1.38 bits per heavy atom. The van der Waals surface area contributed by atoms with Crippen LogP contribution in [0.5, 0.6) is 5.75 Å². The Balaban J connectivity index is 2.23. The lowest BCUT2D eigenvalue weighted by Crippen LogP contribution is -2.36. The predicted molar refractivity (Wildman–Crippen MR) is 57.8 cm³/mol. The van der Waals surface area contributed by atoms with E-state index in [0.29, 0.717) is 13.2 Å². The first kappa shape index (κ1) is 10.7. The van der Waals surface area contributed by atoms with E-state index >= 15 is 0 Å². The molecule has 0 amide bonds. The number of phenolic OH excluding ortho intramolecular Hbond substituents is 1. The largest absolute Gasteiger partial charge is 0.502 e. The van der Waals surface area contributed by atoms with Crippen molar-refractivity contribution in [3.8, 4) is 5.75 Å². The van der Waals surface area contributed by atoms with E-state index in [1.54, 1.807) is 6.07 Å². The van der Waals surface area contributed by atoms with E-state index in [2.05, 4.69) is 0 Å². The van der Waals surface area contributed by atoms with Gasteiger partial charge in [-0.25, -0.2) is 0 Å². The number of hydrogen-bond donors (Lipinski definition) is 1. The summed E-state index contributed by atoms with van der Waals surface area (Å²) >= 11 is 0. The highest BCUT2D eigenvalue weighted by Gasteiger charge is 2.17. The van der Waals surface area contributed by atoms with E-state index in [1.165, 1.54) is 12.1 Å². The van der Waals surface area contributed by atoms with Gasteiger partial charge in [-0.1, -0.05) is 0 Å². The molecule has 0 radical (unpaired) electrons. The molecule has 0 aromatic heterocycles. The summed E-state index contributed by atoms with van der Waals surface area (Å²) in [4.78, 5) is 11.9. The average Bonchev–Trinajstić information content (AvgIpc) is 2.29. The van der Waals surface area contributed by atoms with Gasteiger partial charge in [0.25, 0.3) is 0 Å². The second-order valence-corrected chi connectivity index (χ2v) is 3.53. The maximum absolute atomic E-state index is 10.5. The van der Waals surface area contributed by atoms with E-state index in [1.807, 2.05) is 4.90 Å². The van der Waals surface area contributed by atoms with Crippen molar-refractivity contribution in [1.82, 2.24) is 0 Å². The van der Waals surface area contributed by atoms with Gasteiger partial charge in [0.05, 0.1) is 18.1 Å². The molecule has 1 saturated heterocycles. The lowest BCUT2D eigenvalue weighted by atomic mass is 10.2. The summed E-state index contributed by atoms with van der Waals surface area (Å²) in [5.74, 6) is -0.297. The van der Waals surface area contributed by atoms with Gasteiger partial charge in [-0.2, -0.15) is 0 Å². The monoisotopic (exact) mass is 224 g/mol. The van der Waals surface area contributed by atoms with Gasteiger partial charge in [0.15, 0.2) is 5.75 Å². The number of aromatic hydroxyl groups is 1. The number of ether oxygens (including phenoxy) is 1. The number of nitrogens with zero attached hydrogens (tertiary/aromatic N) is 2. The van der Waals surface area contributed by atoms with E-state index in [9.17, 15) is 15.2 Å². The molecule has 86 valence electrons. The Labute approximate surface area is 92.2 Å². The topological polar surface area (TPSA) is 75.8 Å². The number of phenols is 1. The molecule has 1 heterocycles. The highest BCUT2D eigenvalue weighted by Crippen LogP contribution is 2.30. The molecule has 0 spiro atoms. The molecule has 0 atom stereocenters. The van der Waals surface area contributed by atoms with E-state index in [0.717, 1.165) is 18.8 Å². The third-order valence-corrected chi connectivity index (χ3v) is 2.53. The van der Waals surface area contributed by atoms with Gasteiger partial charge in [0.1, 0.15) is 0 Å². The van der Waals surface area contributed by atoms with Crippen LogP contribution in [0.2, 0.25) is 0 Å². The van der Waals surface area contributed by atoms with E-state index in [-0.39, 0.29) is 11.4 Å². The zero-order chi connectivity index (χ0) is 11.5. The Morgan fingerprint density at radius 2 is 2.06 bits per heavy atom. The van der Waals surface area contributed by atoms with Gasteiger partial charge >= 0.3 is 5.69 Å². The molecule has 1 N–H and O–H groups in total. The van der Waals surface area contributed by atoms with Crippen molar-refractivity contribution in [3.63, 3.8) is 0 Å². The first-order valence-corrected chi connectivity index (χ1v) is 4.98. The summed E-state index contributed by atoms with van der Waals surface area (Å²) in [6.45, 7) is 2.74. The quantitative estimate of drug-likeness (QED) is 0.602. The molecular formula is C10H12N2O4. The molecular weight excluding hydrogens is 212 g/mol. The molecule has 1 aromatic rings. The van der Waals surface area contributed by atoms with Crippen molar-refractivity contribution in [3.05, 3.63) is 28.3 Å². The molecule has 0 aliphatic carbocycles. The third kappa shape index (κ3) is 2.06. The number of morpholine rings is 1. The second kappa shape index (κ2) is 4.36. The van der Waals surface area contributed by atoms with Crippen LogP contribution >= 0.6 is 0 Å². The van der Waals surface area contributed by atoms with Crippen LogP contribution in [0.4, 0.5) is 11.4 Å². The molecule has 6 heteroatoms. The van der Waals surface area contributed by atoms with E-state index in [4.69, 9.17) is 4.74 Å². The third-order valence-electron chi connectivity index (χ3n) is 2.53. The van der Waals surface area contributed by atoms with Gasteiger partial charge in [-0.05, 0) is 6.07 Å². The molecule has 1 aromatic carbocycles. The van der Waals surface area contributed by atoms with Gasteiger partial charge in [-0.3, -0.25) is 10.1 Å². The minimum Gasteiger partial charge on any atom is -0.502 e. The summed E-state index contributed by atoms with van der Waals surface area (Å²) in [6.07, 6.45) is 0. The van der Waals surface area contributed by atoms with Crippen molar-refractivity contribution < 1.29 is 14.8 Å².